The highest BCUT2D eigenvalue weighted by Crippen LogP contribution is 2.04. The fourth-order valence-electron chi connectivity index (χ4n) is 0.255. The molecule has 0 amide bonds. The third kappa shape index (κ3) is 3.80. The smallest absolute Gasteiger partial charge is 0.0129 e. The zero-order valence-electron chi connectivity index (χ0n) is 4.61. The van der Waals surface area contributed by atoms with Crippen molar-refractivity contribution in [1.82, 2.24) is 0 Å². The molecule has 0 aromatic rings. The van der Waals surface area contributed by atoms with Crippen LogP contribution in [0, 0.1) is 0 Å². The van der Waals surface area contributed by atoms with Gasteiger partial charge >= 0.3 is 0 Å². The topological polar surface area (TPSA) is 0 Å². The highest BCUT2D eigenvalue weighted by molar-refractivity contribution is 9.11. The second-order valence-electron chi connectivity index (χ2n) is 1.17. The molecule has 0 spiro atoms. The van der Waals surface area contributed by atoms with Gasteiger partial charge in [0.2, 0.25) is 0 Å². The Labute approximate surface area is 53.1 Å². The summed E-state index contributed by atoms with van der Waals surface area (Å²) in [6.07, 6.45) is 5.99. The van der Waals surface area contributed by atoms with E-state index in [1.54, 1.807) is 0 Å². The Morgan fingerprint density at radius 3 is 2.14 bits per heavy atom. The van der Waals surface area contributed by atoms with Gasteiger partial charge in [0.05, 0.1) is 0 Å². The predicted octanol–water partition coefficient (Wildman–Crippen LogP) is 2.86. The van der Waals surface area contributed by atoms with Crippen molar-refractivity contribution in [3.05, 3.63) is 22.7 Å². The molecule has 0 N–H and O–H groups in total. The minimum Gasteiger partial charge on any atom is -0.0866 e. The van der Waals surface area contributed by atoms with E-state index in [9.17, 15) is 0 Å². The molecule has 0 bridgehead atoms. The van der Waals surface area contributed by atoms with E-state index in [1.807, 2.05) is 32.1 Å². The standard InChI is InChI=1S/C6H9Br/c1-3-5-6(7)4-2/h3-5H,1-2H3/b5-3-,6-4+. The van der Waals surface area contributed by atoms with Gasteiger partial charge in [0.25, 0.3) is 0 Å². The van der Waals surface area contributed by atoms with Crippen molar-refractivity contribution in [2.24, 2.45) is 0 Å². The van der Waals surface area contributed by atoms with Crippen molar-refractivity contribution in [2.45, 2.75) is 13.8 Å². The Morgan fingerprint density at radius 2 is 2.00 bits per heavy atom. The molecule has 40 valence electrons. The van der Waals surface area contributed by atoms with Crippen molar-refractivity contribution in [2.75, 3.05) is 0 Å². The Balaban J connectivity index is 3.58. The highest BCUT2D eigenvalue weighted by atomic mass is 79.9. The van der Waals surface area contributed by atoms with Crippen LogP contribution < -0.4 is 0 Å². The van der Waals surface area contributed by atoms with Crippen LogP contribution in [0.1, 0.15) is 13.8 Å². The van der Waals surface area contributed by atoms with Gasteiger partial charge < -0.3 is 0 Å². The second-order valence-corrected chi connectivity index (χ2v) is 2.09. The normalized spacial score (nSPS) is 13.3. The molecule has 0 aromatic heterocycles. The van der Waals surface area contributed by atoms with E-state index in [2.05, 4.69) is 15.9 Å². The molecule has 0 aliphatic rings. The summed E-state index contributed by atoms with van der Waals surface area (Å²) in [6.45, 7) is 3.98. The Hall–Kier alpha value is -0.0400. The number of hydrogen-bond donors (Lipinski definition) is 0. The summed E-state index contributed by atoms with van der Waals surface area (Å²) in [6, 6.07) is 0. The monoisotopic (exact) mass is 160 g/mol. The lowest BCUT2D eigenvalue weighted by molar-refractivity contribution is 1.67. The van der Waals surface area contributed by atoms with Crippen LogP contribution in [0.15, 0.2) is 22.7 Å². The lowest BCUT2D eigenvalue weighted by Crippen LogP contribution is -1.53. The predicted molar refractivity (Wildman–Crippen MR) is 37.5 cm³/mol. The van der Waals surface area contributed by atoms with E-state index in [1.165, 1.54) is 0 Å². The van der Waals surface area contributed by atoms with Gasteiger partial charge in [0, 0.05) is 4.48 Å². The third-order valence-corrected chi connectivity index (χ3v) is 1.32. The van der Waals surface area contributed by atoms with Crippen molar-refractivity contribution in [3.8, 4) is 0 Å². The Bertz CT molecular complexity index is 90.4. The van der Waals surface area contributed by atoms with Crippen LogP contribution in [-0.4, -0.2) is 0 Å². The average molecular weight is 161 g/mol. The minimum atomic E-state index is 1.13. The first-order chi connectivity index (χ1) is 3.31. The molecule has 0 saturated heterocycles. The fourth-order valence-corrected chi connectivity index (χ4v) is 0.520. The summed E-state index contributed by atoms with van der Waals surface area (Å²) in [5.74, 6) is 0. The number of allylic oxidation sites excluding steroid dienone is 4. The van der Waals surface area contributed by atoms with E-state index in [4.69, 9.17) is 0 Å². The summed E-state index contributed by atoms with van der Waals surface area (Å²) in [5, 5.41) is 0. The summed E-state index contributed by atoms with van der Waals surface area (Å²) < 4.78 is 1.13. The fraction of sp³-hybridized carbons (Fsp3) is 0.333. The van der Waals surface area contributed by atoms with Crippen LogP contribution in [-0.2, 0) is 0 Å². The molecule has 0 unspecified atom stereocenters. The van der Waals surface area contributed by atoms with Gasteiger partial charge in [-0.2, -0.15) is 0 Å². The van der Waals surface area contributed by atoms with Gasteiger partial charge in [-0.15, -0.1) is 0 Å². The first-order valence-electron chi connectivity index (χ1n) is 2.25. The van der Waals surface area contributed by atoms with Gasteiger partial charge in [0.1, 0.15) is 0 Å². The van der Waals surface area contributed by atoms with Gasteiger partial charge in [-0.05, 0) is 13.8 Å². The molecule has 7 heavy (non-hydrogen) atoms. The molecule has 0 fully saturated rings. The first-order valence-corrected chi connectivity index (χ1v) is 3.05. The number of halogens is 1. The molecule has 1 heteroatoms. The summed E-state index contributed by atoms with van der Waals surface area (Å²) in [4.78, 5) is 0. The van der Waals surface area contributed by atoms with E-state index < -0.39 is 0 Å². The molecule has 0 radical (unpaired) electrons. The van der Waals surface area contributed by atoms with Crippen molar-refractivity contribution in [3.63, 3.8) is 0 Å². The lowest BCUT2D eigenvalue weighted by atomic mass is 10.5. The van der Waals surface area contributed by atoms with Gasteiger partial charge in [-0.25, -0.2) is 0 Å². The highest BCUT2D eigenvalue weighted by Gasteiger charge is 1.72. The van der Waals surface area contributed by atoms with E-state index >= 15 is 0 Å². The maximum absolute atomic E-state index is 3.31. The third-order valence-electron chi connectivity index (χ3n) is 0.602. The maximum Gasteiger partial charge on any atom is 0.0129 e. The van der Waals surface area contributed by atoms with Crippen molar-refractivity contribution >= 4 is 15.9 Å². The molecule has 0 aliphatic carbocycles. The number of hydrogen-bond acceptors (Lipinski definition) is 0. The van der Waals surface area contributed by atoms with Crippen LogP contribution in [0.4, 0.5) is 0 Å². The quantitative estimate of drug-likeness (QED) is 0.518. The van der Waals surface area contributed by atoms with Gasteiger partial charge in [0.15, 0.2) is 0 Å². The molecular weight excluding hydrogens is 152 g/mol. The summed E-state index contributed by atoms with van der Waals surface area (Å²) in [5.41, 5.74) is 0. The molecule has 0 saturated carbocycles. The van der Waals surface area contributed by atoms with E-state index in [0.717, 1.165) is 4.48 Å². The lowest BCUT2D eigenvalue weighted by Gasteiger charge is -1.78. The first kappa shape index (κ1) is 6.96. The van der Waals surface area contributed by atoms with Gasteiger partial charge in [-0.3, -0.25) is 0 Å². The summed E-state index contributed by atoms with van der Waals surface area (Å²) in [7, 11) is 0. The Kier molecular flexibility index (Phi) is 4.10. The van der Waals surface area contributed by atoms with Crippen LogP contribution in [0.5, 0.6) is 0 Å². The van der Waals surface area contributed by atoms with Crippen LogP contribution in [0.25, 0.3) is 0 Å². The van der Waals surface area contributed by atoms with Crippen molar-refractivity contribution in [1.29, 1.82) is 0 Å². The molecule has 0 rings (SSSR count). The van der Waals surface area contributed by atoms with E-state index in [0.29, 0.717) is 0 Å². The van der Waals surface area contributed by atoms with Crippen molar-refractivity contribution < 1.29 is 0 Å². The molecule has 0 aliphatic heterocycles. The zero-order chi connectivity index (χ0) is 5.70. The van der Waals surface area contributed by atoms with E-state index in [-0.39, 0.29) is 0 Å². The SMILES string of the molecule is C/C=C\C(Br)=C/C. The average Bonchev–Trinajstić information content (AvgIpc) is 1.68. The maximum atomic E-state index is 3.31. The largest absolute Gasteiger partial charge is 0.0866 e. The Morgan fingerprint density at radius 1 is 1.43 bits per heavy atom. The molecule has 0 heterocycles. The molecule has 0 aromatic carbocycles. The van der Waals surface area contributed by atoms with Gasteiger partial charge in [-0.1, -0.05) is 34.2 Å². The van der Waals surface area contributed by atoms with Crippen LogP contribution in [0.3, 0.4) is 0 Å². The second kappa shape index (κ2) is 4.13. The minimum absolute atomic E-state index is 1.13. The van der Waals surface area contributed by atoms with Crippen LogP contribution >= 0.6 is 15.9 Å². The zero-order valence-corrected chi connectivity index (χ0v) is 6.20. The molecule has 0 atom stereocenters. The molecular formula is C6H9Br. The summed E-state index contributed by atoms with van der Waals surface area (Å²) >= 11 is 3.31. The number of rotatable bonds is 1. The molecule has 0 nitrogen and oxygen atoms in total. The van der Waals surface area contributed by atoms with Crippen LogP contribution in [0.2, 0.25) is 0 Å².